The van der Waals surface area contributed by atoms with Gasteiger partial charge in [-0.25, -0.2) is 8.42 Å². The lowest BCUT2D eigenvalue weighted by atomic mass is 10.0. The van der Waals surface area contributed by atoms with E-state index in [4.69, 9.17) is 27.9 Å². The molecule has 1 N–H and O–H groups in total. The SMILES string of the molecule is COCC(Cc1ccccc1)NC(=O)c1cc(-c2ccc(Cl)cc2Cl)c(-c2ccc(Br)cc2)n1CCS(C)(=O)=O. The van der Waals surface area contributed by atoms with Gasteiger partial charge in [0, 0.05) is 45.6 Å². The number of nitrogens with one attached hydrogen (secondary N) is 1. The molecule has 0 aliphatic carbocycles. The summed E-state index contributed by atoms with van der Waals surface area (Å²) in [4.78, 5) is 13.9. The average Bonchev–Trinajstić information content (AvgIpc) is 3.27. The zero-order chi connectivity index (χ0) is 28.9. The van der Waals surface area contributed by atoms with Crippen LogP contribution in [0.15, 0.2) is 83.3 Å². The van der Waals surface area contributed by atoms with Gasteiger partial charge in [-0.1, -0.05) is 87.7 Å². The van der Waals surface area contributed by atoms with Crippen LogP contribution < -0.4 is 5.32 Å². The monoisotopic (exact) mass is 662 g/mol. The van der Waals surface area contributed by atoms with Crippen LogP contribution in [0.4, 0.5) is 0 Å². The minimum absolute atomic E-state index is 0.0752. The van der Waals surface area contributed by atoms with Crippen molar-refractivity contribution in [1.82, 2.24) is 9.88 Å². The van der Waals surface area contributed by atoms with E-state index >= 15 is 0 Å². The normalized spacial score (nSPS) is 12.3. The van der Waals surface area contributed by atoms with Crippen molar-refractivity contribution >= 4 is 54.9 Å². The van der Waals surface area contributed by atoms with Crippen molar-refractivity contribution in [3.05, 3.63) is 105 Å². The molecule has 0 aliphatic rings. The summed E-state index contributed by atoms with van der Waals surface area (Å²) in [6.45, 7) is 0.381. The molecule has 4 aromatic rings. The van der Waals surface area contributed by atoms with Crippen molar-refractivity contribution in [2.45, 2.75) is 19.0 Å². The van der Waals surface area contributed by atoms with Gasteiger partial charge in [0.25, 0.3) is 5.91 Å². The van der Waals surface area contributed by atoms with Crippen molar-refractivity contribution in [3.8, 4) is 22.4 Å². The third-order valence-corrected chi connectivity index (χ3v) is 8.38. The lowest BCUT2D eigenvalue weighted by Gasteiger charge is -2.20. The molecule has 1 heterocycles. The van der Waals surface area contributed by atoms with Crippen LogP contribution >= 0.6 is 39.1 Å². The predicted molar refractivity (Wildman–Crippen MR) is 166 cm³/mol. The van der Waals surface area contributed by atoms with Crippen LogP contribution in [0.25, 0.3) is 22.4 Å². The number of benzene rings is 3. The minimum atomic E-state index is -3.34. The molecule has 0 bridgehead atoms. The fourth-order valence-electron chi connectivity index (χ4n) is 4.57. The Kier molecular flexibility index (Phi) is 10.1. The van der Waals surface area contributed by atoms with Crippen molar-refractivity contribution in [2.75, 3.05) is 25.7 Å². The number of hydrogen-bond donors (Lipinski definition) is 1. The molecule has 0 saturated heterocycles. The molecule has 0 aliphatic heterocycles. The number of amides is 1. The number of halogens is 3. The number of sulfone groups is 1. The maximum atomic E-state index is 13.9. The fourth-order valence-corrected chi connectivity index (χ4v) is 5.86. The third-order valence-electron chi connectivity index (χ3n) is 6.38. The first-order valence-electron chi connectivity index (χ1n) is 12.5. The van der Waals surface area contributed by atoms with E-state index in [9.17, 15) is 13.2 Å². The molecule has 4 rings (SSSR count). The van der Waals surface area contributed by atoms with E-state index in [0.29, 0.717) is 45.6 Å². The molecule has 1 amide bonds. The highest BCUT2D eigenvalue weighted by Gasteiger charge is 2.26. The van der Waals surface area contributed by atoms with Gasteiger partial charge < -0.3 is 14.6 Å². The van der Waals surface area contributed by atoms with Gasteiger partial charge in [0.15, 0.2) is 0 Å². The van der Waals surface area contributed by atoms with E-state index < -0.39 is 9.84 Å². The summed E-state index contributed by atoms with van der Waals surface area (Å²) in [6, 6.07) is 24.1. The first kappa shape index (κ1) is 30.3. The summed E-state index contributed by atoms with van der Waals surface area (Å²) < 4.78 is 32.5. The molecule has 210 valence electrons. The quantitative estimate of drug-likeness (QED) is 0.189. The van der Waals surface area contributed by atoms with E-state index in [1.807, 2.05) is 54.6 Å². The predicted octanol–water partition coefficient (Wildman–Crippen LogP) is 6.92. The molecule has 40 heavy (non-hydrogen) atoms. The molecule has 0 spiro atoms. The van der Waals surface area contributed by atoms with Crippen molar-refractivity contribution in [3.63, 3.8) is 0 Å². The molecule has 0 radical (unpaired) electrons. The third kappa shape index (κ3) is 7.77. The minimum Gasteiger partial charge on any atom is -0.383 e. The molecular formula is C30H29BrCl2N2O4S. The molecule has 0 fully saturated rings. The van der Waals surface area contributed by atoms with E-state index in [1.54, 1.807) is 35.9 Å². The van der Waals surface area contributed by atoms with Crippen molar-refractivity contribution in [2.24, 2.45) is 0 Å². The van der Waals surface area contributed by atoms with Crippen LogP contribution in [0, 0.1) is 0 Å². The maximum Gasteiger partial charge on any atom is 0.268 e. The second-order valence-corrected chi connectivity index (χ2v) is 13.5. The van der Waals surface area contributed by atoms with E-state index in [-0.39, 0.29) is 24.2 Å². The molecule has 0 saturated carbocycles. The Labute approximate surface area is 253 Å². The second-order valence-electron chi connectivity index (χ2n) is 9.52. The highest BCUT2D eigenvalue weighted by Crippen LogP contribution is 2.40. The molecule has 3 aromatic carbocycles. The fraction of sp³-hybridized carbons (Fsp3) is 0.233. The van der Waals surface area contributed by atoms with Crippen LogP contribution in [0.1, 0.15) is 16.1 Å². The van der Waals surface area contributed by atoms with Crippen molar-refractivity contribution < 1.29 is 17.9 Å². The standard InChI is InChI=1S/C30H29BrCl2N2O4S/c1-39-19-24(16-20-6-4-3-5-7-20)34-30(36)28-18-26(25-13-12-23(32)17-27(25)33)29(21-8-10-22(31)11-9-21)35(28)14-15-40(2,37)38/h3-13,17-18,24H,14-16,19H2,1-2H3,(H,34,36). The second kappa shape index (κ2) is 13.4. The molecular weight excluding hydrogens is 635 g/mol. The Morgan fingerprint density at radius 1 is 1.00 bits per heavy atom. The molecule has 1 aromatic heterocycles. The van der Waals surface area contributed by atoms with Gasteiger partial charge in [-0.15, -0.1) is 0 Å². The number of methoxy groups -OCH3 is 1. The number of ether oxygens (including phenoxy) is 1. The number of carbonyl (C=O) groups excluding carboxylic acids is 1. The molecule has 1 atom stereocenters. The number of hydrogen-bond acceptors (Lipinski definition) is 4. The highest BCUT2D eigenvalue weighted by molar-refractivity contribution is 9.10. The van der Waals surface area contributed by atoms with Gasteiger partial charge in [-0.3, -0.25) is 4.79 Å². The smallest absolute Gasteiger partial charge is 0.268 e. The van der Waals surface area contributed by atoms with Gasteiger partial charge >= 0.3 is 0 Å². The van der Waals surface area contributed by atoms with Gasteiger partial charge in [-0.05, 0) is 47.9 Å². The topological polar surface area (TPSA) is 77.4 Å². The number of nitrogens with zero attached hydrogens (tertiary/aromatic N) is 1. The van der Waals surface area contributed by atoms with Gasteiger partial charge in [0.05, 0.1) is 24.1 Å². The van der Waals surface area contributed by atoms with Gasteiger partial charge in [-0.2, -0.15) is 0 Å². The van der Waals surface area contributed by atoms with E-state index in [1.165, 1.54) is 6.26 Å². The zero-order valence-corrected chi connectivity index (χ0v) is 25.9. The summed E-state index contributed by atoms with van der Waals surface area (Å²) in [6.07, 6.45) is 1.75. The molecule has 1 unspecified atom stereocenters. The largest absolute Gasteiger partial charge is 0.383 e. The Morgan fingerprint density at radius 2 is 1.70 bits per heavy atom. The summed E-state index contributed by atoms with van der Waals surface area (Å²) in [7, 11) is -1.75. The highest BCUT2D eigenvalue weighted by atomic mass is 79.9. The average molecular weight is 664 g/mol. The molecule has 6 nitrogen and oxygen atoms in total. The number of aromatic nitrogens is 1. The summed E-state index contributed by atoms with van der Waals surface area (Å²) in [5.41, 5.74) is 4.22. The van der Waals surface area contributed by atoms with Crippen LogP contribution in [0.5, 0.6) is 0 Å². The lowest BCUT2D eigenvalue weighted by molar-refractivity contribution is 0.0888. The van der Waals surface area contributed by atoms with Gasteiger partial charge in [0.2, 0.25) is 0 Å². The zero-order valence-electron chi connectivity index (χ0n) is 22.0. The number of rotatable bonds is 11. The number of carbonyl (C=O) groups is 1. The van der Waals surface area contributed by atoms with Crippen LogP contribution in [-0.2, 0) is 27.5 Å². The van der Waals surface area contributed by atoms with E-state index in [0.717, 1.165) is 15.6 Å². The van der Waals surface area contributed by atoms with Crippen LogP contribution in [-0.4, -0.2) is 50.7 Å². The van der Waals surface area contributed by atoms with E-state index in [2.05, 4.69) is 21.2 Å². The maximum absolute atomic E-state index is 13.9. The summed E-state index contributed by atoms with van der Waals surface area (Å²) in [5.74, 6) is -0.494. The first-order valence-corrected chi connectivity index (χ1v) is 16.1. The Balaban J connectivity index is 1.86. The molecule has 10 heteroatoms. The lowest BCUT2D eigenvalue weighted by Crippen LogP contribution is -2.40. The van der Waals surface area contributed by atoms with Crippen LogP contribution in [0.2, 0.25) is 10.0 Å². The van der Waals surface area contributed by atoms with Gasteiger partial charge in [0.1, 0.15) is 15.5 Å². The van der Waals surface area contributed by atoms with Crippen molar-refractivity contribution in [1.29, 1.82) is 0 Å². The first-order chi connectivity index (χ1) is 19.1. The Morgan fingerprint density at radius 3 is 2.33 bits per heavy atom. The van der Waals surface area contributed by atoms with Crippen LogP contribution in [0.3, 0.4) is 0 Å². The summed E-state index contributed by atoms with van der Waals surface area (Å²) >= 11 is 16.3. The Bertz CT molecular complexity index is 1590. The Hall–Kier alpha value is -2.62. The summed E-state index contributed by atoms with van der Waals surface area (Å²) in [5, 5.41) is 4.00.